The molecule has 7 atom stereocenters. The predicted molar refractivity (Wildman–Crippen MR) is 172 cm³/mol. The normalized spacial score (nSPS) is 28.4. The van der Waals surface area contributed by atoms with Crippen LogP contribution in [0.4, 0.5) is 0 Å². The number of unbranched alkanes of at least 4 members (excludes halogenated alkanes) is 2. The van der Waals surface area contributed by atoms with E-state index >= 15 is 0 Å². The van der Waals surface area contributed by atoms with Crippen LogP contribution in [0.3, 0.4) is 0 Å². The van der Waals surface area contributed by atoms with Crippen LogP contribution in [0.2, 0.25) is 0 Å². The molecule has 3 fully saturated rings. The topological polar surface area (TPSA) is 90.4 Å². The molecule has 1 aromatic carbocycles. The van der Waals surface area contributed by atoms with Gasteiger partial charge in [-0.15, -0.1) is 13.2 Å². The highest BCUT2D eigenvalue weighted by molar-refractivity contribution is 5.99. The molecule has 0 aliphatic carbocycles. The molecule has 3 aliphatic rings. The Labute approximate surface area is 264 Å². The number of likely N-dealkylation sites (tertiary alicyclic amines) is 1. The Morgan fingerprint density at radius 3 is 2.34 bits per heavy atom. The van der Waals surface area contributed by atoms with Crippen LogP contribution < -0.4 is 0 Å². The average Bonchev–Trinajstić information content (AvgIpc) is 3.64. The molecule has 2 bridgehead atoms. The van der Waals surface area contributed by atoms with Gasteiger partial charge in [-0.1, -0.05) is 89.4 Å². The van der Waals surface area contributed by atoms with Crippen molar-refractivity contribution in [1.29, 1.82) is 0 Å². The number of hydrogen-bond acceptors (Lipinski definition) is 5. The Bertz CT molecular complexity index is 1190. The van der Waals surface area contributed by atoms with Gasteiger partial charge in [-0.25, -0.2) is 0 Å². The second-order valence-electron chi connectivity index (χ2n) is 13.0. The maximum absolute atomic E-state index is 14.8. The molecular weight excluding hydrogens is 554 g/mol. The molecule has 3 heterocycles. The zero-order valence-electron chi connectivity index (χ0n) is 27.2. The molecule has 1 spiro atoms. The van der Waals surface area contributed by atoms with Gasteiger partial charge in [-0.05, 0) is 37.2 Å². The summed E-state index contributed by atoms with van der Waals surface area (Å²) in [7, 11) is 0. The summed E-state index contributed by atoms with van der Waals surface area (Å²) in [5.41, 5.74) is -0.986. The number of carbonyl (C=O) groups is 3. The minimum atomic E-state index is -1.14. The van der Waals surface area contributed by atoms with Crippen LogP contribution in [-0.4, -0.2) is 87.1 Å². The van der Waals surface area contributed by atoms with Crippen LogP contribution in [-0.2, 0) is 25.7 Å². The number of aliphatic hydroxyl groups excluding tert-OH is 1. The maximum Gasteiger partial charge on any atom is 0.248 e. The molecule has 0 radical (unpaired) electrons. The summed E-state index contributed by atoms with van der Waals surface area (Å²) < 4.78 is 7.04. The van der Waals surface area contributed by atoms with Crippen LogP contribution in [0.15, 0.2) is 55.6 Å². The van der Waals surface area contributed by atoms with E-state index in [4.69, 9.17) is 4.74 Å². The van der Waals surface area contributed by atoms with Gasteiger partial charge >= 0.3 is 0 Å². The number of fused-ring (bicyclic) bond motifs is 1. The lowest BCUT2D eigenvalue weighted by atomic mass is 9.64. The Kier molecular flexibility index (Phi) is 11.1. The molecule has 8 heteroatoms. The third-order valence-corrected chi connectivity index (χ3v) is 10.5. The second-order valence-corrected chi connectivity index (χ2v) is 13.0. The lowest BCUT2D eigenvalue weighted by molar-refractivity contribution is -0.159. The highest BCUT2D eigenvalue weighted by atomic mass is 16.5. The molecule has 0 saturated carbocycles. The highest BCUT2D eigenvalue weighted by Crippen LogP contribution is 2.65. The van der Waals surface area contributed by atoms with E-state index < -0.39 is 35.1 Å². The summed E-state index contributed by atoms with van der Waals surface area (Å²) in [4.78, 5) is 49.4. The van der Waals surface area contributed by atoms with Crippen LogP contribution in [0.25, 0.3) is 0 Å². The van der Waals surface area contributed by atoms with E-state index in [1.165, 1.54) is 0 Å². The number of amides is 3. The quantitative estimate of drug-likeness (QED) is 0.200. The molecule has 8 nitrogen and oxygen atoms in total. The summed E-state index contributed by atoms with van der Waals surface area (Å²) >= 11 is 0. The third-order valence-electron chi connectivity index (χ3n) is 10.5. The van der Waals surface area contributed by atoms with Gasteiger partial charge in [0.2, 0.25) is 17.7 Å². The van der Waals surface area contributed by atoms with Gasteiger partial charge < -0.3 is 24.5 Å². The maximum atomic E-state index is 14.8. The molecule has 242 valence electrons. The molecule has 3 aliphatic heterocycles. The zero-order valence-corrected chi connectivity index (χ0v) is 27.2. The summed E-state index contributed by atoms with van der Waals surface area (Å²) in [6, 6.07) is 8.33. The Hall–Kier alpha value is -2.97. The van der Waals surface area contributed by atoms with Crippen molar-refractivity contribution in [2.24, 2.45) is 17.8 Å². The molecule has 1 N–H and O–H groups in total. The van der Waals surface area contributed by atoms with Crippen molar-refractivity contribution in [3.05, 3.63) is 61.2 Å². The fraction of sp³-hybridized carbons (Fsp3) is 0.639. The highest BCUT2D eigenvalue weighted by Gasteiger charge is 2.79. The molecule has 44 heavy (non-hydrogen) atoms. The van der Waals surface area contributed by atoms with Gasteiger partial charge in [0.15, 0.2) is 0 Å². The number of benzene rings is 1. The van der Waals surface area contributed by atoms with Crippen LogP contribution in [0.1, 0.15) is 78.2 Å². The van der Waals surface area contributed by atoms with Crippen molar-refractivity contribution in [3.63, 3.8) is 0 Å². The number of aliphatic hydroxyl groups is 1. The van der Waals surface area contributed by atoms with Crippen molar-refractivity contribution < 1.29 is 24.2 Å². The van der Waals surface area contributed by atoms with E-state index in [1.54, 1.807) is 26.9 Å². The molecule has 3 amide bonds. The lowest BCUT2D eigenvalue weighted by Gasteiger charge is -2.41. The number of rotatable bonds is 17. The third kappa shape index (κ3) is 5.87. The standard InChI is InChI=1S/C36H53N3O5/c1-7-12-16-23-37(21-8-2)34(43)31-36-20-19-35(11-5,44-36)29(30(36)33(42)39(31)28(25-40)26(6)10-4)32(41)38(22-9-3)24-27-17-14-13-15-18-27/h8-9,13-15,17-18,26,28-31,40H,2-3,7,10-12,16,19-25H2,1,4-6H3/t26-,28-,29+,30-,31?,35-,36?/m0/s1. The van der Waals surface area contributed by atoms with Gasteiger partial charge in [0.1, 0.15) is 11.6 Å². The van der Waals surface area contributed by atoms with Crippen LogP contribution >= 0.6 is 0 Å². The number of carbonyl (C=O) groups excluding carboxylic acids is 3. The predicted octanol–water partition coefficient (Wildman–Crippen LogP) is 4.97. The first-order chi connectivity index (χ1) is 21.2. The monoisotopic (exact) mass is 607 g/mol. The van der Waals surface area contributed by atoms with E-state index in [0.29, 0.717) is 45.4 Å². The van der Waals surface area contributed by atoms with Gasteiger partial charge in [0.25, 0.3) is 0 Å². The van der Waals surface area contributed by atoms with Crippen molar-refractivity contribution in [3.8, 4) is 0 Å². The second kappa shape index (κ2) is 14.4. The first-order valence-electron chi connectivity index (χ1n) is 16.7. The van der Waals surface area contributed by atoms with Crippen LogP contribution in [0.5, 0.6) is 0 Å². The Balaban J connectivity index is 1.82. The first-order valence-corrected chi connectivity index (χ1v) is 16.7. The Morgan fingerprint density at radius 2 is 1.75 bits per heavy atom. The van der Waals surface area contributed by atoms with E-state index in [-0.39, 0.29) is 30.2 Å². The molecule has 0 aromatic heterocycles. The minimum absolute atomic E-state index is 0.0516. The SMILES string of the molecule is C=CCN(CCCCC)C(=O)C1N([C@@H](CO)[C@@H](C)CC)C(=O)[C@@H]2[C@H](C(=O)N(CC=C)Cc3ccccc3)[C@]3(CC)CCC12O3. The summed E-state index contributed by atoms with van der Waals surface area (Å²) in [5, 5.41) is 10.7. The average molecular weight is 608 g/mol. The summed E-state index contributed by atoms with van der Waals surface area (Å²) in [5.74, 6) is -2.16. The van der Waals surface area contributed by atoms with E-state index in [1.807, 2.05) is 51.1 Å². The summed E-state index contributed by atoms with van der Waals surface area (Å²) in [6.45, 7) is 17.3. The number of ether oxygens (including phenoxy) is 1. The fourth-order valence-corrected chi connectivity index (χ4v) is 8.04. The van der Waals surface area contributed by atoms with Crippen molar-refractivity contribution in [1.82, 2.24) is 14.7 Å². The molecule has 4 rings (SSSR count). The van der Waals surface area contributed by atoms with Gasteiger partial charge in [0, 0.05) is 26.2 Å². The number of nitrogens with zero attached hydrogens (tertiary/aromatic N) is 3. The summed E-state index contributed by atoms with van der Waals surface area (Å²) in [6.07, 6.45) is 8.70. The fourth-order valence-electron chi connectivity index (χ4n) is 8.04. The number of hydrogen-bond donors (Lipinski definition) is 1. The zero-order chi connectivity index (χ0) is 32.1. The van der Waals surface area contributed by atoms with Gasteiger partial charge in [-0.2, -0.15) is 0 Å². The molecular formula is C36H53N3O5. The van der Waals surface area contributed by atoms with E-state index in [9.17, 15) is 19.5 Å². The van der Waals surface area contributed by atoms with Crippen molar-refractivity contribution in [2.75, 3.05) is 26.2 Å². The van der Waals surface area contributed by atoms with Crippen molar-refractivity contribution >= 4 is 17.7 Å². The van der Waals surface area contributed by atoms with E-state index in [0.717, 1.165) is 31.2 Å². The molecule has 2 unspecified atom stereocenters. The Morgan fingerprint density at radius 1 is 1.07 bits per heavy atom. The minimum Gasteiger partial charge on any atom is -0.394 e. The van der Waals surface area contributed by atoms with Gasteiger partial charge in [-0.3, -0.25) is 14.4 Å². The molecule has 1 aromatic rings. The molecule has 3 saturated heterocycles. The van der Waals surface area contributed by atoms with E-state index in [2.05, 4.69) is 20.1 Å². The van der Waals surface area contributed by atoms with Gasteiger partial charge in [0.05, 0.1) is 30.1 Å². The van der Waals surface area contributed by atoms with Crippen molar-refractivity contribution in [2.45, 2.75) is 102 Å². The smallest absolute Gasteiger partial charge is 0.248 e. The largest absolute Gasteiger partial charge is 0.394 e. The first kappa shape index (κ1) is 33.9. The lowest BCUT2D eigenvalue weighted by Crippen LogP contribution is -2.60. The van der Waals surface area contributed by atoms with Crippen LogP contribution in [0, 0.1) is 17.8 Å².